The van der Waals surface area contributed by atoms with Crippen LogP contribution in [0, 0.1) is 0 Å². The predicted molar refractivity (Wildman–Crippen MR) is 63.6 cm³/mol. The Hall–Kier alpha value is -0.810. The maximum atomic E-state index is 5.49. The number of guanidine groups is 1. The molecule has 5 nitrogen and oxygen atoms in total. The molecule has 1 heterocycles. The van der Waals surface area contributed by atoms with E-state index in [1.807, 2.05) is 0 Å². The number of likely N-dealkylation sites (N-methyl/N-ethyl adjacent to an activating group) is 1. The molecule has 3 N–H and O–H groups in total. The Morgan fingerprint density at radius 2 is 2.27 bits per heavy atom. The Morgan fingerprint density at radius 1 is 1.53 bits per heavy atom. The van der Waals surface area contributed by atoms with Gasteiger partial charge in [0.25, 0.3) is 0 Å². The van der Waals surface area contributed by atoms with Crippen LogP contribution in [0.2, 0.25) is 0 Å². The van der Waals surface area contributed by atoms with Gasteiger partial charge >= 0.3 is 0 Å². The van der Waals surface area contributed by atoms with Crippen LogP contribution in [0.25, 0.3) is 0 Å². The van der Waals surface area contributed by atoms with Gasteiger partial charge in [-0.2, -0.15) is 0 Å². The molecule has 0 amide bonds. The zero-order valence-corrected chi connectivity index (χ0v) is 10.0. The van der Waals surface area contributed by atoms with Gasteiger partial charge in [0.1, 0.15) is 0 Å². The van der Waals surface area contributed by atoms with Crippen LogP contribution in [0.4, 0.5) is 0 Å². The van der Waals surface area contributed by atoms with Crippen LogP contribution < -0.4 is 11.3 Å². The molecule has 0 aromatic carbocycles. The summed E-state index contributed by atoms with van der Waals surface area (Å²) in [6, 6.07) is 0.555. The van der Waals surface area contributed by atoms with Gasteiger partial charge in [-0.1, -0.05) is 6.92 Å². The van der Waals surface area contributed by atoms with E-state index in [0.717, 1.165) is 38.6 Å². The fourth-order valence-electron chi connectivity index (χ4n) is 1.70. The number of rotatable bonds is 2. The van der Waals surface area contributed by atoms with Crippen molar-refractivity contribution in [3.05, 3.63) is 0 Å². The number of nitrogens with two attached hydrogens (primary N) is 1. The number of aliphatic imine (C=N–C) groups is 1. The van der Waals surface area contributed by atoms with Crippen molar-refractivity contribution in [3.63, 3.8) is 0 Å². The highest BCUT2D eigenvalue weighted by Crippen LogP contribution is 2.06. The van der Waals surface area contributed by atoms with Crippen molar-refractivity contribution in [2.45, 2.75) is 26.3 Å². The second kappa shape index (κ2) is 5.92. The highest BCUT2D eigenvalue weighted by Gasteiger charge is 2.22. The molecule has 1 aliphatic rings. The van der Waals surface area contributed by atoms with Crippen LogP contribution in [0.5, 0.6) is 0 Å². The number of hydrogen-bond acceptors (Lipinski definition) is 3. The first-order valence-electron chi connectivity index (χ1n) is 5.65. The largest absolute Gasteiger partial charge is 0.339 e. The number of nitrogens with one attached hydrogen (secondary N) is 1. The molecule has 1 atom stereocenters. The van der Waals surface area contributed by atoms with E-state index in [2.05, 4.69) is 41.1 Å². The van der Waals surface area contributed by atoms with Crippen LogP contribution in [0.15, 0.2) is 4.99 Å². The van der Waals surface area contributed by atoms with Crippen LogP contribution in [0.1, 0.15) is 20.3 Å². The van der Waals surface area contributed by atoms with E-state index in [-0.39, 0.29) is 0 Å². The Balaban J connectivity index is 2.54. The molecular formula is C10H23N5. The minimum atomic E-state index is 0.555. The van der Waals surface area contributed by atoms with Crippen molar-refractivity contribution in [2.75, 3.05) is 33.2 Å². The number of piperazine rings is 1. The summed E-state index contributed by atoms with van der Waals surface area (Å²) in [5.41, 5.74) is 2.70. The minimum absolute atomic E-state index is 0.555. The lowest BCUT2D eigenvalue weighted by molar-refractivity contribution is 0.150. The van der Waals surface area contributed by atoms with E-state index in [1.54, 1.807) is 0 Å². The molecule has 0 aromatic heterocycles. The summed E-state index contributed by atoms with van der Waals surface area (Å²) < 4.78 is 0. The molecule has 15 heavy (non-hydrogen) atoms. The molecule has 0 aliphatic carbocycles. The average Bonchev–Trinajstić information content (AvgIpc) is 2.24. The first-order valence-corrected chi connectivity index (χ1v) is 5.65. The Kier molecular flexibility index (Phi) is 4.84. The number of hydrogen-bond donors (Lipinski definition) is 2. The van der Waals surface area contributed by atoms with Gasteiger partial charge in [-0.25, -0.2) is 5.84 Å². The molecule has 1 unspecified atom stereocenters. The normalized spacial score (nSPS) is 24.4. The van der Waals surface area contributed by atoms with Crippen molar-refractivity contribution in [1.82, 2.24) is 15.2 Å². The fourth-order valence-corrected chi connectivity index (χ4v) is 1.70. The van der Waals surface area contributed by atoms with Crippen molar-refractivity contribution in [1.29, 1.82) is 0 Å². The summed E-state index contributed by atoms with van der Waals surface area (Å²) in [6.45, 7) is 8.22. The van der Waals surface area contributed by atoms with E-state index in [1.165, 1.54) is 0 Å². The summed E-state index contributed by atoms with van der Waals surface area (Å²) in [6.07, 6.45) is 1.05. The summed E-state index contributed by atoms with van der Waals surface area (Å²) >= 11 is 0. The molecule has 0 aromatic rings. The number of nitrogens with zero attached hydrogens (tertiary/aromatic N) is 3. The second-order valence-corrected chi connectivity index (χ2v) is 4.13. The van der Waals surface area contributed by atoms with Gasteiger partial charge in [0, 0.05) is 32.2 Å². The van der Waals surface area contributed by atoms with Gasteiger partial charge in [-0.15, -0.1) is 0 Å². The van der Waals surface area contributed by atoms with Crippen molar-refractivity contribution in [3.8, 4) is 0 Å². The molecule has 1 saturated heterocycles. The molecule has 0 bridgehead atoms. The van der Waals surface area contributed by atoms with Gasteiger partial charge in [-0.05, 0) is 20.4 Å². The lowest BCUT2D eigenvalue weighted by Crippen LogP contribution is -2.56. The first-order chi connectivity index (χ1) is 7.19. The van der Waals surface area contributed by atoms with Gasteiger partial charge in [0.2, 0.25) is 5.96 Å². The summed E-state index contributed by atoms with van der Waals surface area (Å²) in [5.74, 6) is 6.32. The molecule has 0 spiro atoms. The van der Waals surface area contributed by atoms with E-state index in [4.69, 9.17) is 5.84 Å². The van der Waals surface area contributed by atoms with Gasteiger partial charge < -0.3 is 9.80 Å². The zero-order chi connectivity index (χ0) is 11.3. The quantitative estimate of drug-likeness (QED) is 0.290. The SMILES string of the molecule is CCCN=C(NN)N1CCN(C)C(C)C1. The van der Waals surface area contributed by atoms with Gasteiger partial charge in [-0.3, -0.25) is 10.4 Å². The third kappa shape index (κ3) is 3.35. The Bertz CT molecular complexity index is 216. The highest BCUT2D eigenvalue weighted by atomic mass is 15.4. The second-order valence-electron chi connectivity index (χ2n) is 4.13. The molecule has 0 radical (unpaired) electrons. The third-order valence-electron chi connectivity index (χ3n) is 2.87. The molecule has 1 rings (SSSR count). The maximum Gasteiger partial charge on any atom is 0.208 e. The van der Waals surface area contributed by atoms with Crippen LogP contribution >= 0.6 is 0 Å². The van der Waals surface area contributed by atoms with Crippen molar-refractivity contribution in [2.24, 2.45) is 10.8 Å². The lowest BCUT2D eigenvalue weighted by Gasteiger charge is -2.38. The highest BCUT2D eigenvalue weighted by molar-refractivity contribution is 5.79. The smallest absolute Gasteiger partial charge is 0.208 e. The van der Waals surface area contributed by atoms with Gasteiger partial charge in [0.15, 0.2) is 0 Å². The van der Waals surface area contributed by atoms with E-state index in [0.29, 0.717) is 6.04 Å². The molecule has 5 heteroatoms. The van der Waals surface area contributed by atoms with Crippen molar-refractivity contribution >= 4 is 5.96 Å². The summed E-state index contributed by atoms with van der Waals surface area (Å²) in [5, 5.41) is 0. The maximum absolute atomic E-state index is 5.49. The van der Waals surface area contributed by atoms with Gasteiger partial charge in [0.05, 0.1) is 0 Å². The average molecular weight is 213 g/mol. The standard InChI is InChI=1S/C10H23N5/c1-4-5-12-10(13-11)15-7-6-14(3)9(2)8-15/h9H,4-8,11H2,1-3H3,(H,12,13). The van der Waals surface area contributed by atoms with Crippen molar-refractivity contribution < 1.29 is 0 Å². The molecular weight excluding hydrogens is 190 g/mol. The summed E-state index contributed by atoms with van der Waals surface area (Å²) in [4.78, 5) is 9.01. The monoisotopic (exact) mass is 213 g/mol. The molecule has 1 aliphatic heterocycles. The summed E-state index contributed by atoms with van der Waals surface area (Å²) in [7, 11) is 2.15. The van der Waals surface area contributed by atoms with Crippen LogP contribution in [0.3, 0.4) is 0 Å². The molecule has 88 valence electrons. The number of hydrazine groups is 1. The van der Waals surface area contributed by atoms with E-state index >= 15 is 0 Å². The third-order valence-corrected chi connectivity index (χ3v) is 2.87. The zero-order valence-electron chi connectivity index (χ0n) is 10.0. The molecule has 0 saturated carbocycles. The Labute approximate surface area is 92.3 Å². The van der Waals surface area contributed by atoms with Crippen LogP contribution in [-0.4, -0.2) is 55.0 Å². The van der Waals surface area contributed by atoms with Crippen LogP contribution in [-0.2, 0) is 0 Å². The minimum Gasteiger partial charge on any atom is -0.339 e. The molecule has 1 fully saturated rings. The fraction of sp³-hybridized carbons (Fsp3) is 0.900. The Morgan fingerprint density at radius 3 is 2.80 bits per heavy atom. The van der Waals surface area contributed by atoms with E-state index < -0.39 is 0 Å². The van der Waals surface area contributed by atoms with E-state index in [9.17, 15) is 0 Å². The topological polar surface area (TPSA) is 56.9 Å². The predicted octanol–water partition coefficient (Wildman–Crippen LogP) is -0.148. The first kappa shape index (κ1) is 12.3. The lowest BCUT2D eigenvalue weighted by atomic mass is 10.2.